The molecule has 0 N–H and O–H groups in total. The van der Waals surface area contributed by atoms with Gasteiger partial charge in [0.15, 0.2) is 11.2 Å². The van der Waals surface area contributed by atoms with Crippen molar-refractivity contribution in [3.8, 4) is 33.6 Å². The van der Waals surface area contributed by atoms with Gasteiger partial charge in [-0.3, -0.25) is 0 Å². The van der Waals surface area contributed by atoms with Gasteiger partial charge < -0.3 is 27.8 Å². The summed E-state index contributed by atoms with van der Waals surface area (Å²) in [5, 5.41) is 9.34. The first kappa shape index (κ1) is 57.2. The number of rotatable bonds is 12. The molecule has 0 aliphatic carbocycles. The third-order valence-electron chi connectivity index (χ3n) is 21.2. The highest BCUT2D eigenvalue weighted by molar-refractivity contribution is 7.00. The first-order chi connectivity index (χ1) is 47.7. The predicted octanol–water partition coefficient (Wildman–Crippen LogP) is 23.1. The minimum Gasteiger partial charge on any atom is -0.454 e. The van der Waals surface area contributed by atoms with Crippen molar-refractivity contribution in [3.63, 3.8) is 0 Å². The molecule has 0 unspecified atom stereocenters. The smallest absolute Gasteiger partial charge is 0.252 e. The average molecular weight is 1250 g/mol. The molecule has 0 saturated heterocycles. The van der Waals surface area contributed by atoms with Gasteiger partial charge in [-0.2, -0.15) is 0 Å². The Labute approximate surface area is 564 Å². The molecule has 7 heteroatoms. The molecule has 97 heavy (non-hydrogen) atoms. The number of aromatic nitrogens is 2. The zero-order chi connectivity index (χ0) is 64.8. The van der Waals surface area contributed by atoms with Gasteiger partial charge in [-0.15, -0.1) is 0 Å². The molecule has 0 fully saturated rings. The first-order valence-corrected chi connectivity index (χ1v) is 34.8. The van der Waals surface area contributed by atoms with Crippen LogP contribution in [0, 0.1) is 0 Å². The molecule has 19 rings (SSSR count). The van der Waals surface area contributed by atoms with Gasteiger partial charge >= 0.3 is 0 Å². The molecule has 0 bridgehead atoms. The van der Waals surface area contributed by atoms with Crippen molar-refractivity contribution in [1.29, 1.82) is 0 Å². The Bertz CT molecular complexity index is 5700. The molecule has 0 radical (unpaired) electrons. The van der Waals surface area contributed by atoms with Gasteiger partial charge in [0.25, 0.3) is 6.71 Å². The minimum absolute atomic E-state index is 0.208. The number of unbranched alkanes of at least 4 members (excludes halogenated alkanes) is 2. The van der Waals surface area contributed by atoms with E-state index in [1.54, 1.807) is 0 Å². The summed E-state index contributed by atoms with van der Waals surface area (Å²) in [7, 11) is 0. The summed E-state index contributed by atoms with van der Waals surface area (Å²) in [6.45, 7) is 11.6. The highest BCUT2D eigenvalue weighted by Gasteiger charge is 2.46. The van der Waals surface area contributed by atoms with Crippen molar-refractivity contribution in [2.24, 2.45) is 0 Å². The number of para-hydroxylation sites is 4. The van der Waals surface area contributed by atoms with Crippen LogP contribution in [0.5, 0.6) is 0 Å². The summed E-state index contributed by atoms with van der Waals surface area (Å²) in [4.78, 5) is 5.33. The van der Waals surface area contributed by atoms with Gasteiger partial charge in [0, 0.05) is 77.2 Å². The topological polar surface area (TPSA) is 42.6 Å². The van der Waals surface area contributed by atoms with Gasteiger partial charge in [-0.05, 0) is 171 Å². The lowest BCUT2D eigenvalue weighted by atomic mass is 9.33. The lowest BCUT2D eigenvalue weighted by Gasteiger charge is -2.45. The molecule has 4 aromatic heterocycles. The number of aryl methyl sites for hydroxylation is 2. The monoisotopic (exact) mass is 1250 g/mol. The van der Waals surface area contributed by atoms with E-state index in [9.17, 15) is 0 Å². The molecule has 17 aromatic rings. The highest BCUT2D eigenvalue weighted by atomic mass is 16.3. The van der Waals surface area contributed by atoms with Crippen LogP contribution in [0.15, 0.2) is 276 Å². The standard InChI is InChI=1S/C90H71BN4O2/c1-6-8-24-58-38-44-69-67-32-18-22-36-83(67)96-88(69)86(58)94-79-54-63(92-75-34-20-16-30-65(75)71-50-60(40-48-77(71)92)56-26-12-10-13-27-56)42-46-73(79)91-74-47-43-64(93-76-35-21-17-31-66(76)72-51-61(41-49-78(72)93)57-28-14-11-15-29-57)55-80(74)95(82-53-62(90(3,4)5)52-81(94)85(82)91)87-59(25-9-7-2)39-45-70-68-33-19-23-37-84(68)97-89(70)87/h10-23,26-55H,6-9,24-25H2,1-5H3. The summed E-state index contributed by atoms with van der Waals surface area (Å²) in [5.41, 5.74) is 29.2. The van der Waals surface area contributed by atoms with E-state index in [1.807, 2.05) is 0 Å². The quantitative estimate of drug-likeness (QED) is 0.114. The Hall–Kier alpha value is -11.3. The third-order valence-corrected chi connectivity index (χ3v) is 21.2. The van der Waals surface area contributed by atoms with Crippen LogP contribution >= 0.6 is 0 Å². The number of nitrogens with zero attached hydrogens (tertiary/aromatic N) is 4. The van der Waals surface area contributed by atoms with Crippen LogP contribution in [-0.2, 0) is 18.3 Å². The summed E-state index contributed by atoms with van der Waals surface area (Å²) in [6, 6.07) is 100. The summed E-state index contributed by atoms with van der Waals surface area (Å²) in [6.07, 6.45) is 5.93. The van der Waals surface area contributed by atoms with Crippen molar-refractivity contribution < 1.29 is 8.83 Å². The lowest BCUT2D eigenvalue weighted by molar-refractivity contribution is 0.590. The van der Waals surface area contributed by atoms with E-state index in [4.69, 9.17) is 8.83 Å². The predicted molar refractivity (Wildman–Crippen MR) is 410 cm³/mol. The van der Waals surface area contributed by atoms with Crippen LogP contribution in [0.3, 0.4) is 0 Å². The van der Waals surface area contributed by atoms with E-state index >= 15 is 0 Å². The molecule has 2 aliphatic heterocycles. The summed E-state index contributed by atoms with van der Waals surface area (Å²) >= 11 is 0. The molecule has 466 valence electrons. The maximum absolute atomic E-state index is 7.39. The summed E-state index contributed by atoms with van der Waals surface area (Å²) < 4.78 is 19.8. The Kier molecular flexibility index (Phi) is 13.1. The second-order valence-electron chi connectivity index (χ2n) is 28.0. The fourth-order valence-electron chi connectivity index (χ4n) is 16.5. The van der Waals surface area contributed by atoms with Crippen molar-refractivity contribution in [2.45, 2.75) is 78.6 Å². The number of hydrogen-bond acceptors (Lipinski definition) is 4. The largest absolute Gasteiger partial charge is 0.454 e. The Morgan fingerprint density at radius 1 is 0.340 bits per heavy atom. The molecule has 0 spiro atoms. The second kappa shape index (κ2) is 22.2. The van der Waals surface area contributed by atoms with Crippen LogP contribution < -0.4 is 26.2 Å². The van der Waals surface area contributed by atoms with Crippen molar-refractivity contribution in [1.82, 2.24) is 9.13 Å². The molecule has 6 heterocycles. The van der Waals surface area contributed by atoms with Crippen molar-refractivity contribution in [2.75, 3.05) is 9.80 Å². The number of anilines is 6. The maximum atomic E-state index is 7.39. The number of benzene rings is 13. The Morgan fingerprint density at radius 3 is 1.20 bits per heavy atom. The summed E-state index contributed by atoms with van der Waals surface area (Å²) in [5.74, 6) is 0. The van der Waals surface area contributed by atoms with Gasteiger partial charge in [-0.1, -0.05) is 229 Å². The fourth-order valence-corrected chi connectivity index (χ4v) is 16.5. The average Bonchev–Trinajstić information content (AvgIpc) is 1.10. The van der Waals surface area contributed by atoms with Crippen LogP contribution in [0.1, 0.15) is 77.0 Å². The number of hydrogen-bond donors (Lipinski definition) is 0. The van der Waals surface area contributed by atoms with E-state index in [-0.39, 0.29) is 12.1 Å². The van der Waals surface area contributed by atoms with Gasteiger partial charge in [-0.25, -0.2) is 0 Å². The van der Waals surface area contributed by atoms with Crippen LogP contribution in [0.4, 0.5) is 34.1 Å². The molecular weight excluding hydrogens is 1180 g/mol. The normalized spacial score (nSPS) is 13.0. The zero-order valence-electron chi connectivity index (χ0n) is 55.3. The molecule has 2 aliphatic rings. The Morgan fingerprint density at radius 2 is 0.753 bits per heavy atom. The first-order valence-electron chi connectivity index (χ1n) is 34.8. The SMILES string of the molecule is CCCCc1ccc2c(oc3ccccc32)c1N1c2cc(-n3c4ccccc4c4cc(-c5ccccc5)ccc43)ccc2B2c3ccc(-n4c5ccccc5c5cc(-c6ccccc6)ccc54)cc3N(c3c(CCCC)ccc4c3oc3ccccc34)c3cc(C(C)(C)C)cc1c32. The van der Waals surface area contributed by atoms with Gasteiger partial charge in [0.2, 0.25) is 0 Å². The minimum atomic E-state index is -0.293. The number of furan rings is 2. The van der Waals surface area contributed by atoms with E-state index < -0.39 is 0 Å². The molecular formula is C90H71BN4O2. The highest BCUT2D eigenvalue weighted by Crippen LogP contribution is 2.53. The number of fused-ring (bicyclic) bond motifs is 16. The molecule has 0 atom stereocenters. The van der Waals surface area contributed by atoms with E-state index in [0.717, 1.165) is 150 Å². The van der Waals surface area contributed by atoms with Crippen LogP contribution in [0.2, 0.25) is 0 Å². The molecule has 6 nitrogen and oxygen atoms in total. The zero-order valence-corrected chi connectivity index (χ0v) is 55.3. The second-order valence-corrected chi connectivity index (χ2v) is 28.0. The lowest BCUT2D eigenvalue weighted by Crippen LogP contribution is -2.61. The third kappa shape index (κ3) is 8.80. The Balaban J connectivity index is 0.945. The fraction of sp³-hybridized carbons (Fsp3) is 0.133. The van der Waals surface area contributed by atoms with Crippen molar-refractivity contribution >= 4 is 145 Å². The molecule has 0 saturated carbocycles. The molecule has 13 aromatic carbocycles. The van der Waals surface area contributed by atoms with Crippen LogP contribution in [0.25, 0.3) is 121 Å². The van der Waals surface area contributed by atoms with E-state index in [1.165, 1.54) is 76.9 Å². The van der Waals surface area contributed by atoms with Crippen molar-refractivity contribution in [3.05, 3.63) is 284 Å². The van der Waals surface area contributed by atoms with E-state index in [2.05, 4.69) is 320 Å². The van der Waals surface area contributed by atoms with Crippen LogP contribution in [-0.4, -0.2) is 15.8 Å². The van der Waals surface area contributed by atoms with E-state index in [0.29, 0.717) is 0 Å². The van der Waals surface area contributed by atoms with Gasteiger partial charge in [0.05, 0.1) is 33.4 Å². The maximum Gasteiger partial charge on any atom is 0.252 e. The molecule has 0 amide bonds. The van der Waals surface area contributed by atoms with Gasteiger partial charge in [0.1, 0.15) is 11.2 Å².